The molecular weight excluding hydrogens is 452 g/mol. The molecule has 0 aromatic heterocycles. The molecule has 2 saturated carbocycles. The molecule has 0 unspecified atom stereocenters. The highest BCUT2D eigenvalue weighted by Gasteiger charge is 2.44. The molecule has 36 heavy (non-hydrogen) atoms. The summed E-state index contributed by atoms with van der Waals surface area (Å²) in [6, 6.07) is 3.02. The Morgan fingerprint density at radius 3 is 2.36 bits per heavy atom. The molecule has 2 saturated heterocycles. The lowest BCUT2D eigenvalue weighted by molar-refractivity contribution is -0.140. The first kappa shape index (κ1) is 27.4. The van der Waals surface area contributed by atoms with Crippen LogP contribution in [0.5, 0.6) is 0 Å². The van der Waals surface area contributed by atoms with Gasteiger partial charge in [-0.15, -0.1) is 0 Å². The quantitative estimate of drug-likeness (QED) is 0.542. The molecule has 0 aromatic rings. The van der Waals surface area contributed by atoms with Crippen molar-refractivity contribution >= 4 is 11.8 Å². The van der Waals surface area contributed by atoms with Gasteiger partial charge in [0, 0.05) is 44.6 Å². The molecule has 2 aliphatic carbocycles. The Morgan fingerprint density at radius 2 is 1.72 bits per heavy atom. The molecule has 2 amide bonds. The van der Waals surface area contributed by atoms with Crippen molar-refractivity contribution in [2.75, 3.05) is 39.4 Å². The van der Waals surface area contributed by atoms with Crippen LogP contribution in [-0.2, 0) is 14.3 Å². The predicted octanol–water partition coefficient (Wildman–Crippen LogP) is 4.12. The standard InChI is InChI=1S/C29H48N4O3/c1-22(2)24-8-10-26(11-9-24)33-13-12-29(20-30,21-33)31-28(35)25(18-23-6-4-3-5-7-23)19-27(34)32-14-16-36-17-15-32/h22-26H,3-19,21H2,1-2H3,(H,31,35)/t24-,25-,26+,29-/m1/s1. The molecule has 4 fully saturated rings. The first-order chi connectivity index (χ1) is 17.4. The second-order valence-corrected chi connectivity index (χ2v) is 12.4. The highest BCUT2D eigenvalue weighted by molar-refractivity contribution is 5.86. The number of nitrogens with one attached hydrogen (secondary N) is 1. The van der Waals surface area contributed by atoms with E-state index in [1.54, 1.807) is 0 Å². The third kappa shape index (κ3) is 7.01. The van der Waals surface area contributed by atoms with Gasteiger partial charge in [-0.05, 0) is 56.3 Å². The minimum atomic E-state index is -0.835. The van der Waals surface area contributed by atoms with Crippen molar-refractivity contribution in [1.29, 1.82) is 5.26 Å². The Hall–Kier alpha value is -1.65. The van der Waals surface area contributed by atoms with Crippen LogP contribution in [-0.4, -0.2) is 72.6 Å². The fourth-order valence-corrected chi connectivity index (χ4v) is 7.10. The van der Waals surface area contributed by atoms with Crippen LogP contribution in [0.1, 0.15) is 90.9 Å². The van der Waals surface area contributed by atoms with Crippen molar-refractivity contribution in [2.45, 2.75) is 102 Å². The Labute approximate surface area is 218 Å². The van der Waals surface area contributed by atoms with Crippen molar-refractivity contribution in [3.63, 3.8) is 0 Å². The number of nitriles is 1. The van der Waals surface area contributed by atoms with Crippen molar-refractivity contribution in [1.82, 2.24) is 15.1 Å². The average Bonchev–Trinajstić information content (AvgIpc) is 3.33. The zero-order valence-electron chi connectivity index (χ0n) is 22.7. The number of carbonyl (C=O) groups excluding carboxylic acids is 2. The maximum atomic E-state index is 13.7. The summed E-state index contributed by atoms with van der Waals surface area (Å²) in [7, 11) is 0. The maximum Gasteiger partial charge on any atom is 0.224 e. The number of rotatable bonds is 8. The lowest BCUT2D eigenvalue weighted by Crippen LogP contribution is -2.53. The van der Waals surface area contributed by atoms with Gasteiger partial charge in [0.25, 0.3) is 0 Å². The van der Waals surface area contributed by atoms with Gasteiger partial charge in [-0.2, -0.15) is 5.26 Å². The fraction of sp³-hybridized carbons (Fsp3) is 0.897. The van der Waals surface area contributed by atoms with E-state index >= 15 is 0 Å². The molecule has 1 N–H and O–H groups in total. The van der Waals surface area contributed by atoms with Gasteiger partial charge in [0.15, 0.2) is 0 Å². The minimum absolute atomic E-state index is 0.0511. The predicted molar refractivity (Wildman–Crippen MR) is 140 cm³/mol. The molecule has 2 heterocycles. The molecule has 0 radical (unpaired) electrons. The van der Waals surface area contributed by atoms with E-state index in [0.29, 0.717) is 51.2 Å². The molecule has 4 aliphatic rings. The molecule has 7 heteroatoms. The van der Waals surface area contributed by atoms with E-state index in [4.69, 9.17) is 4.74 Å². The van der Waals surface area contributed by atoms with Gasteiger partial charge < -0.3 is 15.0 Å². The van der Waals surface area contributed by atoms with Crippen LogP contribution in [0.4, 0.5) is 0 Å². The molecule has 202 valence electrons. The number of morpholine rings is 1. The van der Waals surface area contributed by atoms with Crippen molar-refractivity contribution in [3.05, 3.63) is 0 Å². The number of amides is 2. The van der Waals surface area contributed by atoms with Crippen LogP contribution in [0, 0.1) is 35.0 Å². The van der Waals surface area contributed by atoms with Crippen LogP contribution in [0.2, 0.25) is 0 Å². The molecule has 7 nitrogen and oxygen atoms in total. The van der Waals surface area contributed by atoms with E-state index in [2.05, 4.69) is 30.1 Å². The molecule has 4 rings (SSSR count). The Balaban J connectivity index is 1.37. The van der Waals surface area contributed by atoms with Gasteiger partial charge in [0.1, 0.15) is 5.54 Å². The molecule has 0 bridgehead atoms. The van der Waals surface area contributed by atoms with Crippen LogP contribution >= 0.6 is 0 Å². The number of nitrogens with zero attached hydrogens (tertiary/aromatic N) is 3. The second-order valence-electron chi connectivity index (χ2n) is 12.4. The lowest BCUT2D eigenvalue weighted by atomic mass is 9.79. The molecular formula is C29H48N4O3. The van der Waals surface area contributed by atoms with Gasteiger partial charge in [0.2, 0.25) is 11.8 Å². The van der Waals surface area contributed by atoms with E-state index in [-0.39, 0.29) is 24.2 Å². The van der Waals surface area contributed by atoms with E-state index in [1.807, 2.05) is 4.90 Å². The van der Waals surface area contributed by atoms with Crippen LogP contribution in [0.15, 0.2) is 0 Å². The van der Waals surface area contributed by atoms with Gasteiger partial charge in [0.05, 0.1) is 19.3 Å². The van der Waals surface area contributed by atoms with Crippen LogP contribution < -0.4 is 5.32 Å². The largest absolute Gasteiger partial charge is 0.378 e. The summed E-state index contributed by atoms with van der Waals surface area (Å²) in [6.07, 6.45) is 12.6. The first-order valence-corrected chi connectivity index (χ1v) is 14.7. The van der Waals surface area contributed by atoms with Gasteiger partial charge in [-0.1, -0.05) is 46.0 Å². The highest BCUT2D eigenvalue weighted by Crippen LogP contribution is 2.36. The second kappa shape index (κ2) is 12.7. The smallest absolute Gasteiger partial charge is 0.224 e. The van der Waals surface area contributed by atoms with Crippen molar-refractivity contribution in [2.24, 2.45) is 23.7 Å². The molecule has 0 spiro atoms. The van der Waals surface area contributed by atoms with Crippen molar-refractivity contribution in [3.8, 4) is 6.07 Å². The Morgan fingerprint density at radius 1 is 1.03 bits per heavy atom. The zero-order valence-corrected chi connectivity index (χ0v) is 22.7. The Bertz CT molecular complexity index is 776. The number of likely N-dealkylation sites (tertiary alicyclic amines) is 1. The van der Waals surface area contributed by atoms with Crippen LogP contribution in [0.25, 0.3) is 0 Å². The summed E-state index contributed by atoms with van der Waals surface area (Å²) in [6.45, 7) is 8.47. The lowest BCUT2D eigenvalue weighted by Gasteiger charge is -2.36. The monoisotopic (exact) mass is 500 g/mol. The number of carbonyl (C=O) groups is 2. The fourth-order valence-electron chi connectivity index (χ4n) is 7.10. The summed E-state index contributed by atoms with van der Waals surface area (Å²) in [4.78, 5) is 31.1. The number of hydrogen-bond donors (Lipinski definition) is 1. The van der Waals surface area contributed by atoms with Crippen LogP contribution in [0.3, 0.4) is 0 Å². The summed E-state index contributed by atoms with van der Waals surface area (Å²) >= 11 is 0. The van der Waals surface area contributed by atoms with Gasteiger partial charge in [-0.25, -0.2) is 0 Å². The first-order valence-electron chi connectivity index (χ1n) is 14.7. The third-order valence-electron chi connectivity index (χ3n) is 9.57. The Kier molecular flexibility index (Phi) is 9.69. The zero-order chi connectivity index (χ0) is 25.5. The molecule has 0 aromatic carbocycles. The SMILES string of the molecule is CC(C)[C@H]1CC[C@@H](N2CC[C@](C#N)(NC(=O)[C@@H](CC(=O)N3CCOCC3)CC3CCCCC3)C2)CC1. The molecule has 2 atom stereocenters. The van der Waals surface area contributed by atoms with E-state index in [9.17, 15) is 14.9 Å². The number of hydrogen-bond acceptors (Lipinski definition) is 5. The topological polar surface area (TPSA) is 85.7 Å². The summed E-state index contributed by atoms with van der Waals surface area (Å²) in [5.41, 5.74) is -0.835. The minimum Gasteiger partial charge on any atom is -0.378 e. The summed E-state index contributed by atoms with van der Waals surface area (Å²) < 4.78 is 5.40. The van der Waals surface area contributed by atoms with Gasteiger partial charge in [-0.3, -0.25) is 14.5 Å². The maximum absolute atomic E-state index is 13.7. The average molecular weight is 501 g/mol. The summed E-state index contributed by atoms with van der Waals surface area (Å²) in [5, 5.41) is 13.4. The van der Waals surface area contributed by atoms with E-state index in [0.717, 1.165) is 37.6 Å². The highest BCUT2D eigenvalue weighted by atomic mass is 16.5. The molecule has 2 aliphatic heterocycles. The van der Waals surface area contributed by atoms with Gasteiger partial charge >= 0.3 is 0 Å². The van der Waals surface area contributed by atoms with E-state index < -0.39 is 5.54 Å². The van der Waals surface area contributed by atoms with Crippen molar-refractivity contribution < 1.29 is 14.3 Å². The summed E-state index contributed by atoms with van der Waals surface area (Å²) in [5.74, 6) is 1.66. The third-order valence-corrected chi connectivity index (χ3v) is 9.57. The normalized spacial score (nSPS) is 31.2. The number of ether oxygens (including phenoxy) is 1. The van der Waals surface area contributed by atoms with E-state index in [1.165, 1.54) is 44.9 Å².